The molecule has 0 saturated carbocycles. The zero-order valence-corrected chi connectivity index (χ0v) is 14.9. The predicted molar refractivity (Wildman–Crippen MR) is 88.5 cm³/mol. The van der Waals surface area contributed by atoms with Crippen LogP contribution in [0.5, 0.6) is 0 Å². The van der Waals surface area contributed by atoms with Gasteiger partial charge in [0.25, 0.3) is 0 Å². The number of anilines is 1. The van der Waals surface area contributed by atoms with Crippen molar-refractivity contribution in [1.82, 2.24) is 4.90 Å². The lowest BCUT2D eigenvalue weighted by Crippen LogP contribution is -2.64. The quantitative estimate of drug-likeness (QED) is 0.705. The summed E-state index contributed by atoms with van der Waals surface area (Å²) < 4.78 is 83.3. The molecular formula is C18H20F6N2O2. The van der Waals surface area contributed by atoms with Gasteiger partial charge >= 0.3 is 18.2 Å². The third-order valence-electron chi connectivity index (χ3n) is 5.13. The van der Waals surface area contributed by atoms with Crippen LogP contribution in [-0.4, -0.2) is 54.9 Å². The van der Waals surface area contributed by atoms with Gasteiger partial charge in [-0.05, 0) is 50.1 Å². The molecule has 0 aliphatic carbocycles. The lowest BCUT2D eigenvalue weighted by atomic mass is 9.88. The first-order valence-corrected chi connectivity index (χ1v) is 8.94. The van der Waals surface area contributed by atoms with E-state index < -0.39 is 36.0 Å². The Kier molecular flexibility index (Phi) is 5.64. The summed E-state index contributed by atoms with van der Waals surface area (Å²) in [6, 6.07) is 4.64. The average molecular weight is 410 g/mol. The summed E-state index contributed by atoms with van der Waals surface area (Å²) in [4.78, 5) is 14.8. The highest BCUT2D eigenvalue weighted by atomic mass is 19.4. The largest absolute Gasteiger partial charge is 0.437 e. The smallest absolute Gasteiger partial charge is 0.304 e. The minimum absolute atomic E-state index is 0.0618. The lowest BCUT2D eigenvalue weighted by molar-refractivity contribution is -0.293. The molecule has 28 heavy (non-hydrogen) atoms. The van der Waals surface area contributed by atoms with Crippen LogP contribution in [-0.2, 0) is 9.53 Å². The molecule has 0 aromatic heterocycles. The van der Waals surface area contributed by atoms with Crippen LogP contribution in [0, 0.1) is 5.82 Å². The van der Waals surface area contributed by atoms with Crippen LogP contribution in [0.4, 0.5) is 32.0 Å². The zero-order valence-electron chi connectivity index (χ0n) is 14.9. The first-order valence-electron chi connectivity index (χ1n) is 8.94. The number of hydrogen-bond donors (Lipinski definition) is 0. The molecule has 156 valence electrons. The van der Waals surface area contributed by atoms with Gasteiger partial charge in [-0.3, -0.25) is 4.79 Å². The van der Waals surface area contributed by atoms with Crippen molar-refractivity contribution < 1.29 is 35.9 Å². The van der Waals surface area contributed by atoms with E-state index in [2.05, 4.69) is 0 Å². The van der Waals surface area contributed by atoms with Crippen molar-refractivity contribution in [1.29, 1.82) is 0 Å². The Labute approximate surface area is 158 Å². The second kappa shape index (κ2) is 7.55. The van der Waals surface area contributed by atoms with E-state index in [9.17, 15) is 31.1 Å². The average Bonchev–Trinajstić information content (AvgIpc) is 2.60. The van der Waals surface area contributed by atoms with Crippen molar-refractivity contribution in [3.05, 3.63) is 30.1 Å². The zero-order chi connectivity index (χ0) is 20.6. The van der Waals surface area contributed by atoms with E-state index in [1.165, 1.54) is 12.1 Å². The first-order chi connectivity index (χ1) is 13.0. The summed E-state index contributed by atoms with van der Waals surface area (Å²) in [5.41, 5.74) is -1.16. The van der Waals surface area contributed by atoms with E-state index in [-0.39, 0.29) is 38.0 Å². The van der Waals surface area contributed by atoms with Crippen LogP contribution in [0.3, 0.4) is 0 Å². The number of piperidine rings is 1. The molecule has 2 saturated heterocycles. The Balaban J connectivity index is 1.67. The maximum absolute atomic E-state index is 14.2. The van der Waals surface area contributed by atoms with Crippen LogP contribution < -0.4 is 4.90 Å². The minimum atomic E-state index is -4.22. The summed E-state index contributed by atoms with van der Waals surface area (Å²) in [7, 11) is 0. The summed E-state index contributed by atoms with van der Waals surface area (Å²) in [5.74, 6) is -2.07. The molecule has 2 aliphatic heterocycles. The van der Waals surface area contributed by atoms with Crippen molar-refractivity contribution in [2.45, 2.75) is 43.6 Å². The standard InChI is InChI=1S/C18H20F6N2O2/c19-13-2-4-14(5-3-13)26-12-16(28-18(23,24)15(26)27)7-10-25(11-8-16)9-1-6-17(20,21)22/h2-5H,1,6-12H2. The van der Waals surface area contributed by atoms with E-state index in [4.69, 9.17) is 4.74 Å². The van der Waals surface area contributed by atoms with Crippen molar-refractivity contribution in [3.63, 3.8) is 0 Å². The highest BCUT2D eigenvalue weighted by Gasteiger charge is 2.57. The fourth-order valence-electron chi connectivity index (χ4n) is 3.64. The number of morpholine rings is 1. The summed E-state index contributed by atoms with van der Waals surface area (Å²) in [6.07, 6.45) is -8.89. The number of carbonyl (C=O) groups excluding carboxylic acids is 1. The van der Waals surface area contributed by atoms with Gasteiger partial charge in [-0.15, -0.1) is 0 Å². The lowest BCUT2D eigenvalue weighted by Gasteiger charge is -2.48. The van der Waals surface area contributed by atoms with Crippen LogP contribution >= 0.6 is 0 Å². The Hall–Kier alpha value is -1.81. The summed E-state index contributed by atoms with van der Waals surface area (Å²) in [6.45, 7) is 0.675. The SMILES string of the molecule is O=C1N(c2ccc(F)cc2)CC2(CCN(CCCC(F)(F)F)CC2)OC1(F)F. The third kappa shape index (κ3) is 4.78. The van der Waals surface area contributed by atoms with Gasteiger partial charge in [0.2, 0.25) is 0 Å². The van der Waals surface area contributed by atoms with Gasteiger partial charge in [0, 0.05) is 25.2 Å². The van der Waals surface area contributed by atoms with Crippen LogP contribution in [0.2, 0.25) is 0 Å². The molecule has 0 bridgehead atoms. The monoisotopic (exact) mass is 410 g/mol. The Morgan fingerprint density at radius 2 is 1.68 bits per heavy atom. The number of halogens is 6. The molecule has 0 radical (unpaired) electrons. The maximum Gasteiger partial charge on any atom is 0.437 e. The van der Waals surface area contributed by atoms with Gasteiger partial charge in [0.15, 0.2) is 0 Å². The van der Waals surface area contributed by atoms with E-state index in [1.54, 1.807) is 4.90 Å². The predicted octanol–water partition coefficient (Wildman–Crippen LogP) is 3.96. The normalized spacial score (nSPS) is 22.6. The van der Waals surface area contributed by atoms with Crippen LogP contribution in [0.25, 0.3) is 0 Å². The van der Waals surface area contributed by atoms with Crippen molar-refractivity contribution in [2.24, 2.45) is 0 Å². The second-order valence-corrected chi connectivity index (χ2v) is 7.23. The number of carbonyl (C=O) groups is 1. The molecule has 10 heteroatoms. The molecule has 2 heterocycles. The van der Waals surface area contributed by atoms with E-state index in [0.717, 1.165) is 17.0 Å². The van der Waals surface area contributed by atoms with Crippen LogP contribution in [0.15, 0.2) is 24.3 Å². The molecule has 0 unspecified atom stereocenters. The third-order valence-corrected chi connectivity index (χ3v) is 5.13. The Bertz CT molecular complexity index is 699. The van der Waals surface area contributed by atoms with Crippen molar-refractivity contribution >= 4 is 11.6 Å². The van der Waals surface area contributed by atoms with Crippen LogP contribution in [0.1, 0.15) is 25.7 Å². The van der Waals surface area contributed by atoms with E-state index in [1.807, 2.05) is 0 Å². The van der Waals surface area contributed by atoms with E-state index >= 15 is 0 Å². The molecule has 1 aromatic carbocycles. The maximum atomic E-state index is 14.2. The number of ether oxygens (including phenoxy) is 1. The molecule has 0 atom stereocenters. The van der Waals surface area contributed by atoms with Gasteiger partial charge in [-0.1, -0.05) is 0 Å². The molecule has 0 N–H and O–H groups in total. The number of likely N-dealkylation sites (tertiary alicyclic amines) is 1. The number of benzene rings is 1. The van der Waals surface area contributed by atoms with Crippen molar-refractivity contribution in [3.8, 4) is 0 Å². The van der Waals surface area contributed by atoms with Gasteiger partial charge in [-0.2, -0.15) is 22.0 Å². The Morgan fingerprint density at radius 1 is 1.07 bits per heavy atom. The van der Waals surface area contributed by atoms with E-state index in [0.29, 0.717) is 13.1 Å². The molecule has 2 fully saturated rings. The number of amides is 1. The molecule has 1 aromatic rings. The number of rotatable bonds is 4. The summed E-state index contributed by atoms with van der Waals surface area (Å²) in [5, 5.41) is 0. The Morgan fingerprint density at radius 3 is 2.25 bits per heavy atom. The highest BCUT2D eigenvalue weighted by molar-refractivity contribution is 5.98. The fourth-order valence-corrected chi connectivity index (χ4v) is 3.64. The van der Waals surface area contributed by atoms with Gasteiger partial charge in [0.1, 0.15) is 5.82 Å². The first kappa shape index (κ1) is 20.9. The molecule has 1 spiro atoms. The number of alkyl halides is 5. The molecule has 2 aliphatic rings. The topological polar surface area (TPSA) is 32.8 Å². The molecule has 1 amide bonds. The molecular weight excluding hydrogens is 390 g/mol. The van der Waals surface area contributed by atoms with Gasteiger partial charge in [0.05, 0.1) is 12.1 Å². The number of nitrogens with zero attached hydrogens (tertiary/aromatic N) is 2. The summed E-state index contributed by atoms with van der Waals surface area (Å²) >= 11 is 0. The van der Waals surface area contributed by atoms with Gasteiger partial charge in [-0.25, -0.2) is 4.39 Å². The van der Waals surface area contributed by atoms with Crippen molar-refractivity contribution in [2.75, 3.05) is 31.1 Å². The van der Waals surface area contributed by atoms with Gasteiger partial charge < -0.3 is 14.5 Å². The minimum Gasteiger partial charge on any atom is -0.304 e. The highest BCUT2D eigenvalue weighted by Crippen LogP contribution is 2.40. The number of hydrogen-bond acceptors (Lipinski definition) is 3. The molecule has 4 nitrogen and oxygen atoms in total. The second-order valence-electron chi connectivity index (χ2n) is 7.23. The fraction of sp³-hybridized carbons (Fsp3) is 0.611. The molecule has 3 rings (SSSR count).